The molecule has 1 aliphatic heterocycles. The topological polar surface area (TPSA) is 46.6 Å². The van der Waals surface area contributed by atoms with Gasteiger partial charge in [0.15, 0.2) is 0 Å². The van der Waals surface area contributed by atoms with Gasteiger partial charge < -0.3 is 0 Å². The van der Waals surface area contributed by atoms with E-state index in [-0.39, 0.29) is 6.61 Å². The molecule has 0 aliphatic carbocycles. The maximum Gasteiger partial charge on any atom is 0.338 e. The van der Waals surface area contributed by atoms with Gasteiger partial charge in [-0.15, -0.1) is 0 Å². The Kier molecular flexibility index (Phi) is 1.54. The molecule has 10 heavy (non-hydrogen) atoms. The van der Waals surface area contributed by atoms with Crippen LogP contribution >= 0.6 is 0 Å². The molecule has 0 unspecified atom stereocenters. The normalized spacial score (nSPS) is 30.7. The van der Waals surface area contributed by atoms with Crippen molar-refractivity contribution in [2.45, 2.75) is 19.4 Å². The van der Waals surface area contributed by atoms with Gasteiger partial charge in [0.25, 0.3) is 0 Å². The molecule has 5 heteroatoms. The standard InChI is InChI=1S/C5H11NO3S/c1-5(2)4-9-10(7,8)6(5)3/h4H2,1-3H3. The summed E-state index contributed by atoms with van der Waals surface area (Å²) in [6, 6.07) is 0. The number of hydrogen-bond acceptors (Lipinski definition) is 3. The molecule has 0 radical (unpaired) electrons. The molecular formula is C5H11NO3S. The van der Waals surface area contributed by atoms with Crippen molar-refractivity contribution in [2.75, 3.05) is 13.7 Å². The Hall–Kier alpha value is -0.130. The third-order valence-corrected chi connectivity index (χ3v) is 3.33. The minimum absolute atomic E-state index is 0.242. The molecular weight excluding hydrogens is 154 g/mol. The van der Waals surface area contributed by atoms with E-state index in [2.05, 4.69) is 4.18 Å². The molecule has 0 saturated carbocycles. The van der Waals surface area contributed by atoms with E-state index in [1.54, 1.807) is 0 Å². The summed E-state index contributed by atoms with van der Waals surface area (Å²) < 4.78 is 27.6. The van der Waals surface area contributed by atoms with Gasteiger partial charge in [0, 0.05) is 7.05 Å². The summed E-state index contributed by atoms with van der Waals surface area (Å²) >= 11 is 0. The Balaban J connectivity index is 2.99. The minimum atomic E-state index is -3.40. The van der Waals surface area contributed by atoms with E-state index in [9.17, 15) is 8.42 Å². The number of rotatable bonds is 0. The minimum Gasteiger partial charge on any atom is -0.256 e. The highest BCUT2D eigenvalue weighted by Crippen LogP contribution is 2.25. The molecule has 1 saturated heterocycles. The van der Waals surface area contributed by atoms with Crippen LogP contribution in [0, 0.1) is 0 Å². The van der Waals surface area contributed by atoms with Gasteiger partial charge in [0.05, 0.1) is 12.1 Å². The lowest BCUT2D eigenvalue weighted by molar-refractivity contribution is 0.247. The molecule has 0 N–H and O–H groups in total. The van der Waals surface area contributed by atoms with Gasteiger partial charge in [0.1, 0.15) is 0 Å². The zero-order valence-corrected chi connectivity index (χ0v) is 7.10. The molecule has 4 nitrogen and oxygen atoms in total. The van der Waals surface area contributed by atoms with Crippen LogP contribution < -0.4 is 0 Å². The molecule has 0 aromatic rings. The fourth-order valence-electron chi connectivity index (χ4n) is 0.691. The second-order valence-corrected chi connectivity index (χ2v) is 4.64. The molecule has 60 valence electrons. The molecule has 0 aromatic heterocycles. The van der Waals surface area contributed by atoms with Crippen molar-refractivity contribution >= 4 is 10.3 Å². The smallest absolute Gasteiger partial charge is 0.256 e. The summed E-state index contributed by atoms with van der Waals surface area (Å²) in [6.45, 7) is 3.88. The molecule has 0 atom stereocenters. The van der Waals surface area contributed by atoms with Crippen LogP contribution in [-0.2, 0) is 14.5 Å². The third-order valence-electron chi connectivity index (χ3n) is 1.75. The molecule has 1 fully saturated rings. The van der Waals surface area contributed by atoms with Crippen molar-refractivity contribution in [3.8, 4) is 0 Å². The number of likely N-dealkylation sites (N-methyl/N-ethyl adjacent to an activating group) is 1. The quantitative estimate of drug-likeness (QED) is 0.506. The Morgan fingerprint density at radius 1 is 1.50 bits per heavy atom. The van der Waals surface area contributed by atoms with Gasteiger partial charge in [-0.3, -0.25) is 4.18 Å². The van der Waals surface area contributed by atoms with Crippen LogP contribution in [0.4, 0.5) is 0 Å². The van der Waals surface area contributed by atoms with E-state index in [1.807, 2.05) is 13.8 Å². The maximum absolute atomic E-state index is 10.9. The second kappa shape index (κ2) is 1.93. The fourth-order valence-corrected chi connectivity index (χ4v) is 1.94. The predicted octanol–water partition coefficient (Wildman–Crippen LogP) is -0.0282. The van der Waals surface area contributed by atoms with Crippen LogP contribution in [-0.4, -0.2) is 31.9 Å². The SMILES string of the molecule is CN1C(C)(C)COS1(=O)=O. The second-order valence-electron chi connectivity index (χ2n) is 3.00. The van der Waals surface area contributed by atoms with Crippen molar-refractivity contribution in [1.29, 1.82) is 0 Å². The lowest BCUT2D eigenvalue weighted by atomic mass is 10.1. The monoisotopic (exact) mass is 165 g/mol. The van der Waals surface area contributed by atoms with E-state index in [0.29, 0.717) is 0 Å². The highest BCUT2D eigenvalue weighted by Gasteiger charge is 2.41. The van der Waals surface area contributed by atoms with Crippen LogP contribution in [0.15, 0.2) is 0 Å². The van der Waals surface area contributed by atoms with Crippen molar-refractivity contribution in [3.63, 3.8) is 0 Å². The van der Waals surface area contributed by atoms with E-state index >= 15 is 0 Å². The average Bonchev–Trinajstić information content (AvgIpc) is 1.95. The zero-order valence-electron chi connectivity index (χ0n) is 6.29. The number of hydrogen-bond donors (Lipinski definition) is 0. The molecule has 0 amide bonds. The van der Waals surface area contributed by atoms with Crippen molar-refractivity contribution in [1.82, 2.24) is 4.31 Å². The van der Waals surface area contributed by atoms with Crippen LogP contribution in [0.3, 0.4) is 0 Å². The molecule has 0 spiro atoms. The highest BCUT2D eigenvalue weighted by molar-refractivity contribution is 7.84. The van der Waals surface area contributed by atoms with E-state index in [4.69, 9.17) is 0 Å². The third kappa shape index (κ3) is 1.04. The largest absolute Gasteiger partial charge is 0.338 e. The molecule has 1 heterocycles. The summed E-state index contributed by atoms with van der Waals surface area (Å²) in [7, 11) is -1.88. The van der Waals surface area contributed by atoms with Crippen LogP contribution in [0.1, 0.15) is 13.8 Å². The summed E-state index contributed by atoms with van der Waals surface area (Å²) in [5, 5.41) is 0. The van der Waals surface area contributed by atoms with Gasteiger partial charge in [-0.05, 0) is 13.8 Å². The average molecular weight is 165 g/mol. The first-order valence-electron chi connectivity index (χ1n) is 3.00. The van der Waals surface area contributed by atoms with E-state index in [0.717, 1.165) is 0 Å². The van der Waals surface area contributed by atoms with Crippen LogP contribution in [0.25, 0.3) is 0 Å². The van der Waals surface area contributed by atoms with Gasteiger partial charge in [-0.2, -0.15) is 12.7 Å². The maximum atomic E-state index is 10.9. The molecule has 1 rings (SSSR count). The van der Waals surface area contributed by atoms with Gasteiger partial charge >= 0.3 is 10.3 Å². The van der Waals surface area contributed by atoms with Crippen molar-refractivity contribution in [3.05, 3.63) is 0 Å². The predicted molar refractivity (Wildman–Crippen MR) is 36.7 cm³/mol. The first-order valence-corrected chi connectivity index (χ1v) is 4.36. The highest BCUT2D eigenvalue weighted by atomic mass is 32.2. The Labute approximate surface area is 61.0 Å². The molecule has 0 aromatic carbocycles. The van der Waals surface area contributed by atoms with Crippen molar-refractivity contribution in [2.24, 2.45) is 0 Å². The first kappa shape index (κ1) is 7.97. The Bertz CT molecular complexity index is 231. The Morgan fingerprint density at radius 3 is 2.10 bits per heavy atom. The van der Waals surface area contributed by atoms with Crippen molar-refractivity contribution < 1.29 is 12.6 Å². The first-order chi connectivity index (χ1) is 4.36. The summed E-state index contributed by atoms with van der Waals surface area (Å²) in [5.74, 6) is 0. The lowest BCUT2D eigenvalue weighted by Gasteiger charge is -2.21. The van der Waals surface area contributed by atoms with E-state index in [1.165, 1.54) is 11.4 Å². The summed E-state index contributed by atoms with van der Waals surface area (Å²) in [4.78, 5) is 0. The summed E-state index contributed by atoms with van der Waals surface area (Å²) in [5.41, 5.74) is -0.390. The number of nitrogens with zero attached hydrogens (tertiary/aromatic N) is 1. The lowest BCUT2D eigenvalue weighted by Crippen LogP contribution is -2.38. The van der Waals surface area contributed by atoms with Gasteiger partial charge in [-0.1, -0.05) is 0 Å². The molecule has 1 aliphatic rings. The van der Waals surface area contributed by atoms with E-state index < -0.39 is 15.8 Å². The summed E-state index contributed by atoms with van der Waals surface area (Å²) in [6.07, 6.45) is 0. The zero-order chi connectivity index (χ0) is 7.99. The Morgan fingerprint density at radius 2 is 2.00 bits per heavy atom. The van der Waals surface area contributed by atoms with Crippen LogP contribution in [0.2, 0.25) is 0 Å². The molecule has 0 bridgehead atoms. The fraction of sp³-hybridized carbons (Fsp3) is 1.00. The van der Waals surface area contributed by atoms with Crippen LogP contribution in [0.5, 0.6) is 0 Å². The van der Waals surface area contributed by atoms with Gasteiger partial charge in [0.2, 0.25) is 0 Å². The van der Waals surface area contributed by atoms with Gasteiger partial charge in [-0.25, -0.2) is 0 Å².